The van der Waals surface area contributed by atoms with Gasteiger partial charge in [-0.3, -0.25) is 4.79 Å². The fourth-order valence-corrected chi connectivity index (χ4v) is 5.21. The first-order valence-electron chi connectivity index (χ1n) is 15.7. The molecule has 0 aliphatic carbocycles. The minimum atomic E-state index is -1.46. The van der Waals surface area contributed by atoms with Crippen LogP contribution in [0.1, 0.15) is 181 Å². The summed E-state index contributed by atoms with van der Waals surface area (Å²) in [4.78, 5) is 11.6. The summed E-state index contributed by atoms with van der Waals surface area (Å²) in [7, 11) is 0. The van der Waals surface area contributed by atoms with Crippen LogP contribution in [0.25, 0.3) is 0 Å². The van der Waals surface area contributed by atoms with Crippen LogP contribution in [0, 0.1) is 0 Å². The van der Waals surface area contributed by atoms with Crippen LogP contribution >= 0.6 is 0 Å². The minimum Gasteiger partial charge on any atom is -0.387 e. The smallest absolute Gasteiger partial charge is 0.249 e. The van der Waals surface area contributed by atoms with Crippen LogP contribution in [0.3, 0.4) is 0 Å². The summed E-state index contributed by atoms with van der Waals surface area (Å²) in [5.41, 5.74) is 3.99. The molecule has 0 radical (unpaired) electrons. The lowest BCUT2D eigenvalue weighted by Crippen LogP contribution is -2.49. The summed E-state index contributed by atoms with van der Waals surface area (Å²) in [6, 6.07) is 0. The van der Waals surface area contributed by atoms with E-state index in [1.165, 1.54) is 116 Å². The summed E-state index contributed by atoms with van der Waals surface area (Å²) >= 11 is 0. The largest absolute Gasteiger partial charge is 0.387 e. The number of hydrogen-bond donors (Lipinski definition) is 3. The number of carbonyl (C=O) groups excluding carboxylic acids is 1. The van der Waals surface area contributed by atoms with Gasteiger partial charge in [0.1, 0.15) is 0 Å². The molecule has 1 unspecified atom stereocenters. The lowest BCUT2D eigenvalue weighted by molar-refractivity contribution is -0.145. The normalized spacial score (nSPS) is 12.8. The van der Waals surface area contributed by atoms with Gasteiger partial charge in [-0.05, 0) is 12.8 Å². The van der Waals surface area contributed by atoms with Crippen LogP contribution in [0.15, 0.2) is 0 Å². The number of aliphatic hydroxyl groups is 2. The quantitative estimate of drug-likeness (QED) is 0.0944. The lowest BCUT2D eigenvalue weighted by Gasteiger charge is -2.31. The Labute approximate surface area is 219 Å². The van der Waals surface area contributed by atoms with Gasteiger partial charge in [-0.2, -0.15) is 0 Å². The van der Waals surface area contributed by atoms with Crippen LogP contribution in [-0.4, -0.2) is 27.8 Å². The van der Waals surface area contributed by atoms with E-state index in [-0.39, 0.29) is 0 Å². The third-order valence-electron chi connectivity index (χ3n) is 7.70. The van der Waals surface area contributed by atoms with Crippen molar-refractivity contribution in [2.75, 3.05) is 0 Å². The van der Waals surface area contributed by atoms with E-state index in [4.69, 9.17) is 5.73 Å². The van der Waals surface area contributed by atoms with E-state index in [2.05, 4.69) is 13.8 Å². The maximum absolute atomic E-state index is 11.6. The monoisotopic (exact) mass is 497 g/mol. The van der Waals surface area contributed by atoms with Crippen molar-refractivity contribution in [3.05, 3.63) is 0 Å². The molecule has 0 heterocycles. The van der Waals surface area contributed by atoms with Gasteiger partial charge in [0.15, 0.2) is 6.10 Å². The third-order valence-corrected chi connectivity index (χ3v) is 7.70. The standard InChI is InChI=1S/C31H63NO3/c1-3-5-7-9-11-13-15-17-19-21-23-25-27-31(35,29(33)30(32)34)28-26-24-22-20-18-16-14-12-10-8-6-4-2/h29,33,35H,3-28H2,1-2H3,(H2,32,34). The van der Waals surface area contributed by atoms with E-state index >= 15 is 0 Å². The van der Waals surface area contributed by atoms with Gasteiger partial charge >= 0.3 is 0 Å². The molecule has 210 valence electrons. The lowest BCUT2D eigenvalue weighted by atomic mass is 9.84. The number of aliphatic hydroxyl groups excluding tert-OH is 1. The molecule has 0 bridgehead atoms. The predicted molar refractivity (Wildman–Crippen MR) is 152 cm³/mol. The second kappa shape index (κ2) is 25.1. The van der Waals surface area contributed by atoms with Crippen LogP contribution in [0.5, 0.6) is 0 Å². The number of nitrogens with two attached hydrogens (primary N) is 1. The van der Waals surface area contributed by atoms with Gasteiger partial charge in [0.2, 0.25) is 5.91 Å². The predicted octanol–water partition coefficient (Wildman–Crippen LogP) is 8.75. The molecule has 4 N–H and O–H groups in total. The van der Waals surface area contributed by atoms with Gasteiger partial charge in [-0.25, -0.2) is 0 Å². The summed E-state index contributed by atoms with van der Waals surface area (Å²) in [6.45, 7) is 4.52. The zero-order valence-corrected chi connectivity index (χ0v) is 23.8. The third kappa shape index (κ3) is 21.2. The fraction of sp³-hybridized carbons (Fsp3) is 0.968. The van der Waals surface area contributed by atoms with Gasteiger partial charge in [0.05, 0.1) is 5.60 Å². The Morgan fingerprint density at radius 1 is 0.543 bits per heavy atom. The number of hydrogen-bond acceptors (Lipinski definition) is 3. The first kappa shape index (κ1) is 34.4. The molecular formula is C31H63NO3. The van der Waals surface area contributed by atoms with Gasteiger partial charge in [-0.1, -0.05) is 168 Å². The van der Waals surface area contributed by atoms with Gasteiger partial charge in [0.25, 0.3) is 0 Å². The average Bonchev–Trinajstić information content (AvgIpc) is 2.84. The molecule has 4 heteroatoms. The van der Waals surface area contributed by atoms with Crippen molar-refractivity contribution in [1.82, 2.24) is 0 Å². The summed E-state index contributed by atoms with van der Waals surface area (Å²) in [5, 5.41) is 21.3. The first-order valence-corrected chi connectivity index (χ1v) is 15.7. The molecule has 0 saturated carbocycles. The molecular weight excluding hydrogens is 434 g/mol. The molecule has 0 fully saturated rings. The summed E-state index contributed by atoms with van der Waals surface area (Å²) in [6.07, 6.45) is 29.7. The van der Waals surface area contributed by atoms with Crippen molar-refractivity contribution in [1.29, 1.82) is 0 Å². The molecule has 0 rings (SSSR count). The van der Waals surface area contributed by atoms with Crippen LogP contribution < -0.4 is 5.73 Å². The van der Waals surface area contributed by atoms with E-state index in [0.29, 0.717) is 12.8 Å². The molecule has 35 heavy (non-hydrogen) atoms. The van der Waals surface area contributed by atoms with Crippen LogP contribution in [0.2, 0.25) is 0 Å². The Bertz CT molecular complexity index is 427. The average molecular weight is 498 g/mol. The number of rotatable bonds is 28. The van der Waals surface area contributed by atoms with E-state index in [9.17, 15) is 15.0 Å². The highest BCUT2D eigenvalue weighted by atomic mass is 16.3. The molecule has 0 saturated heterocycles. The Hall–Kier alpha value is -0.610. The molecule has 0 aromatic heterocycles. The van der Waals surface area contributed by atoms with E-state index in [1.54, 1.807) is 0 Å². The van der Waals surface area contributed by atoms with E-state index in [1.807, 2.05) is 0 Å². The zero-order chi connectivity index (χ0) is 26.0. The highest BCUT2D eigenvalue weighted by Gasteiger charge is 2.38. The van der Waals surface area contributed by atoms with Crippen molar-refractivity contribution >= 4 is 5.91 Å². The molecule has 1 amide bonds. The van der Waals surface area contributed by atoms with Gasteiger partial charge in [-0.15, -0.1) is 0 Å². The molecule has 0 aromatic carbocycles. The van der Waals surface area contributed by atoms with Crippen molar-refractivity contribution in [3.8, 4) is 0 Å². The highest BCUT2D eigenvalue weighted by Crippen LogP contribution is 2.27. The van der Waals surface area contributed by atoms with Crippen molar-refractivity contribution in [3.63, 3.8) is 0 Å². The van der Waals surface area contributed by atoms with Crippen LogP contribution in [-0.2, 0) is 4.79 Å². The maximum Gasteiger partial charge on any atom is 0.249 e. The first-order chi connectivity index (χ1) is 17.0. The van der Waals surface area contributed by atoms with Gasteiger partial charge < -0.3 is 15.9 Å². The Morgan fingerprint density at radius 3 is 1.00 bits per heavy atom. The SMILES string of the molecule is CCCCCCCCCCCCCCC(O)(CCCCCCCCCCCCCC)C(O)C(N)=O. The molecule has 0 aromatic rings. The Morgan fingerprint density at radius 2 is 0.771 bits per heavy atom. The maximum atomic E-state index is 11.6. The van der Waals surface area contributed by atoms with Gasteiger partial charge in [0, 0.05) is 0 Å². The highest BCUT2D eigenvalue weighted by molar-refractivity contribution is 5.79. The number of amides is 1. The number of unbranched alkanes of at least 4 members (excludes halogenated alkanes) is 22. The molecule has 0 spiro atoms. The van der Waals surface area contributed by atoms with Crippen molar-refractivity contribution in [2.24, 2.45) is 5.73 Å². The molecule has 1 atom stereocenters. The molecule has 4 nitrogen and oxygen atoms in total. The second-order valence-corrected chi connectivity index (χ2v) is 11.2. The fourth-order valence-electron chi connectivity index (χ4n) is 5.21. The Kier molecular flexibility index (Phi) is 24.6. The summed E-state index contributed by atoms with van der Waals surface area (Å²) in [5.74, 6) is -0.801. The zero-order valence-electron chi connectivity index (χ0n) is 23.8. The molecule has 0 aliphatic rings. The van der Waals surface area contributed by atoms with Crippen molar-refractivity contribution in [2.45, 2.75) is 192 Å². The summed E-state index contributed by atoms with van der Waals surface area (Å²) < 4.78 is 0. The van der Waals surface area contributed by atoms with E-state index < -0.39 is 17.6 Å². The van der Waals surface area contributed by atoms with Crippen molar-refractivity contribution < 1.29 is 15.0 Å². The van der Waals surface area contributed by atoms with E-state index in [0.717, 1.165) is 38.5 Å². The number of carbonyl (C=O) groups is 1. The number of primary amides is 1. The molecule has 0 aliphatic heterocycles. The Balaban J connectivity index is 3.86. The second-order valence-electron chi connectivity index (χ2n) is 11.2. The topological polar surface area (TPSA) is 83.6 Å². The van der Waals surface area contributed by atoms with Crippen LogP contribution in [0.4, 0.5) is 0 Å². The minimum absolute atomic E-state index is 0.465.